The molecule has 3 heterocycles. The quantitative estimate of drug-likeness (QED) is 0.894. The van der Waals surface area contributed by atoms with E-state index in [2.05, 4.69) is 20.2 Å². The highest BCUT2D eigenvalue weighted by atomic mass is 16.5. The van der Waals surface area contributed by atoms with Gasteiger partial charge in [0.2, 0.25) is 5.95 Å². The Balaban J connectivity index is 1.53. The lowest BCUT2D eigenvalue weighted by atomic mass is 10.1. The number of amides is 1. The van der Waals surface area contributed by atoms with Crippen LogP contribution in [-0.4, -0.2) is 64.8 Å². The third-order valence-corrected chi connectivity index (χ3v) is 4.76. The number of ether oxygens (including phenoxy) is 1. The average Bonchev–Trinajstić information content (AvgIpc) is 3.25. The lowest BCUT2D eigenvalue weighted by molar-refractivity contribution is -0.0249. The van der Waals surface area contributed by atoms with Crippen molar-refractivity contribution in [3.63, 3.8) is 0 Å². The fraction of sp³-hybridized carbons (Fsp3) is 0.529. The molecule has 0 aromatic carbocycles. The molecular formula is C17H22N6O2. The topological polar surface area (TPSA) is 87.2 Å². The molecule has 0 bridgehead atoms. The van der Waals surface area contributed by atoms with Crippen LogP contribution < -0.4 is 4.90 Å². The van der Waals surface area contributed by atoms with Crippen LogP contribution >= 0.6 is 0 Å². The normalized spacial score (nSPS) is 19.8. The Kier molecular flexibility index (Phi) is 4.12. The van der Waals surface area contributed by atoms with E-state index >= 15 is 0 Å². The highest BCUT2D eigenvalue weighted by Gasteiger charge is 2.31. The van der Waals surface area contributed by atoms with Gasteiger partial charge in [0.25, 0.3) is 5.91 Å². The molecule has 1 fully saturated rings. The molecule has 2 aromatic heterocycles. The molecule has 1 aliphatic heterocycles. The largest absolute Gasteiger partial charge is 0.368 e. The van der Waals surface area contributed by atoms with Crippen LogP contribution in [0.15, 0.2) is 12.3 Å². The second kappa shape index (κ2) is 6.44. The van der Waals surface area contributed by atoms with Gasteiger partial charge in [0.1, 0.15) is 6.10 Å². The molecule has 0 unspecified atom stereocenters. The molecule has 4 rings (SSSR count). The van der Waals surface area contributed by atoms with E-state index in [-0.39, 0.29) is 12.0 Å². The number of carbonyl (C=O) groups excluding carboxylic acids is 1. The number of hydrogen-bond acceptors (Lipinski definition) is 6. The highest BCUT2D eigenvalue weighted by Crippen LogP contribution is 2.26. The van der Waals surface area contributed by atoms with E-state index in [1.807, 2.05) is 30.0 Å². The van der Waals surface area contributed by atoms with Crippen LogP contribution in [0.5, 0.6) is 0 Å². The summed E-state index contributed by atoms with van der Waals surface area (Å²) in [6.07, 6.45) is 4.48. The number of aromatic nitrogens is 4. The number of fused-ring (bicyclic) bond motifs is 1. The third kappa shape index (κ3) is 2.97. The maximum absolute atomic E-state index is 12.9. The first-order valence-electron chi connectivity index (χ1n) is 8.60. The molecule has 0 saturated carbocycles. The number of carbonyl (C=O) groups is 1. The van der Waals surface area contributed by atoms with Crippen LogP contribution in [-0.2, 0) is 17.6 Å². The molecule has 25 heavy (non-hydrogen) atoms. The Bertz CT molecular complexity index is 787. The summed E-state index contributed by atoms with van der Waals surface area (Å²) < 4.78 is 5.86. The van der Waals surface area contributed by atoms with Crippen LogP contribution in [0.4, 0.5) is 5.95 Å². The molecule has 0 spiro atoms. The number of rotatable bonds is 3. The minimum atomic E-state index is -0.244. The predicted molar refractivity (Wildman–Crippen MR) is 91.6 cm³/mol. The summed E-state index contributed by atoms with van der Waals surface area (Å²) in [5.41, 5.74) is 3.57. The molecule has 1 atom stereocenters. The highest BCUT2D eigenvalue weighted by molar-refractivity contribution is 5.94. The average molecular weight is 342 g/mol. The molecular weight excluding hydrogens is 320 g/mol. The van der Waals surface area contributed by atoms with E-state index in [4.69, 9.17) is 4.74 Å². The zero-order valence-corrected chi connectivity index (χ0v) is 14.5. The predicted octanol–water partition coefficient (Wildman–Crippen LogP) is 0.968. The maximum atomic E-state index is 12.9. The van der Waals surface area contributed by atoms with Gasteiger partial charge < -0.3 is 14.5 Å². The number of anilines is 1. The van der Waals surface area contributed by atoms with Gasteiger partial charge in [-0.25, -0.2) is 9.97 Å². The fourth-order valence-corrected chi connectivity index (χ4v) is 3.42. The van der Waals surface area contributed by atoms with Gasteiger partial charge in [-0.2, -0.15) is 5.10 Å². The van der Waals surface area contributed by atoms with Crippen molar-refractivity contribution in [3.05, 3.63) is 34.9 Å². The van der Waals surface area contributed by atoms with E-state index in [1.165, 1.54) is 0 Å². The van der Waals surface area contributed by atoms with Crippen molar-refractivity contribution in [2.75, 3.05) is 38.7 Å². The molecule has 1 saturated heterocycles. The van der Waals surface area contributed by atoms with Crippen molar-refractivity contribution in [2.24, 2.45) is 0 Å². The van der Waals surface area contributed by atoms with Gasteiger partial charge in [0.05, 0.1) is 18.8 Å². The second-order valence-electron chi connectivity index (χ2n) is 6.67. The Labute approximate surface area is 146 Å². The maximum Gasteiger partial charge on any atom is 0.274 e. The van der Waals surface area contributed by atoms with Crippen molar-refractivity contribution in [2.45, 2.75) is 25.4 Å². The van der Waals surface area contributed by atoms with Crippen LogP contribution in [0, 0.1) is 0 Å². The van der Waals surface area contributed by atoms with Gasteiger partial charge in [-0.3, -0.25) is 9.89 Å². The molecule has 2 aromatic rings. The molecule has 0 radical (unpaired) electrons. The van der Waals surface area contributed by atoms with Gasteiger partial charge in [-0.1, -0.05) is 0 Å². The number of aryl methyl sites for hydroxylation is 1. The first kappa shape index (κ1) is 16.0. The summed E-state index contributed by atoms with van der Waals surface area (Å²) in [5.74, 6) is 0.615. The van der Waals surface area contributed by atoms with Crippen LogP contribution in [0.1, 0.15) is 40.0 Å². The lowest BCUT2D eigenvalue weighted by Crippen LogP contribution is -2.43. The molecule has 8 nitrogen and oxygen atoms in total. The number of hydrogen-bond donors (Lipinski definition) is 1. The van der Waals surface area contributed by atoms with Crippen molar-refractivity contribution in [1.29, 1.82) is 0 Å². The van der Waals surface area contributed by atoms with Gasteiger partial charge in [-0.05, 0) is 25.3 Å². The Morgan fingerprint density at radius 1 is 1.40 bits per heavy atom. The van der Waals surface area contributed by atoms with Crippen molar-refractivity contribution >= 4 is 11.9 Å². The third-order valence-electron chi connectivity index (χ3n) is 4.76. The number of morpholine rings is 1. The monoisotopic (exact) mass is 342 g/mol. The van der Waals surface area contributed by atoms with Gasteiger partial charge in [-0.15, -0.1) is 0 Å². The van der Waals surface area contributed by atoms with E-state index < -0.39 is 0 Å². The first-order valence-corrected chi connectivity index (χ1v) is 8.60. The van der Waals surface area contributed by atoms with Crippen LogP contribution in [0.2, 0.25) is 0 Å². The second-order valence-corrected chi connectivity index (χ2v) is 6.67. The molecule has 1 N–H and O–H groups in total. The van der Waals surface area contributed by atoms with E-state index in [0.717, 1.165) is 36.2 Å². The number of nitrogens with one attached hydrogen (secondary N) is 1. The summed E-state index contributed by atoms with van der Waals surface area (Å²) in [6.45, 7) is 1.54. The SMILES string of the molecule is CN(C)c1nccc([C@@H]2CN(C(=O)c3n[nH]c4c3CCC4)CCO2)n1. The fourth-order valence-electron chi connectivity index (χ4n) is 3.42. The van der Waals surface area contributed by atoms with E-state index in [0.29, 0.717) is 31.3 Å². The van der Waals surface area contributed by atoms with Crippen molar-refractivity contribution in [3.8, 4) is 0 Å². The number of nitrogens with zero attached hydrogens (tertiary/aromatic N) is 5. The zero-order valence-electron chi connectivity index (χ0n) is 14.5. The lowest BCUT2D eigenvalue weighted by Gasteiger charge is -2.32. The number of aromatic amines is 1. The molecule has 1 amide bonds. The van der Waals surface area contributed by atoms with Gasteiger partial charge in [0, 0.05) is 38.1 Å². The molecule has 1 aliphatic carbocycles. The Hall–Kier alpha value is -2.48. The smallest absolute Gasteiger partial charge is 0.274 e. The minimum Gasteiger partial charge on any atom is -0.368 e. The molecule has 2 aliphatic rings. The van der Waals surface area contributed by atoms with Crippen LogP contribution in [0.3, 0.4) is 0 Å². The summed E-state index contributed by atoms with van der Waals surface area (Å²) in [7, 11) is 3.80. The summed E-state index contributed by atoms with van der Waals surface area (Å²) in [4.78, 5) is 25.4. The van der Waals surface area contributed by atoms with Gasteiger partial charge in [0.15, 0.2) is 5.69 Å². The number of H-pyrrole nitrogens is 1. The van der Waals surface area contributed by atoms with Crippen LogP contribution in [0.25, 0.3) is 0 Å². The minimum absolute atomic E-state index is 0.0189. The van der Waals surface area contributed by atoms with E-state index in [9.17, 15) is 4.79 Å². The molecule has 8 heteroatoms. The van der Waals surface area contributed by atoms with Gasteiger partial charge >= 0.3 is 0 Å². The summed E-state index contributed by atoms with van der Waals surface area (Å²) in [6, 6.07) is 1.85. The molecule has 132 valence electrons. The first-order chi connectivity index (χ1) is 12.1. The standard InChI is InChI=1S/C17H22N6O2/c1-22(2)17-18-7-6-13(19-17)14-10-23(8-9-25-14)16(24)15-11-4-3-5-12(11)20-21-15/h6-7,14H,3-5,8-10H2,1-2H3,(H,20,21)/t14-/m0/s1. The Morgan fingerprint density at radius 2 is 2.28 bits per heavy atom. The summed E-state index contributed by atoms with van der Waals surface area (Å²) >= 11 is 0. The Morgan fingerprint density at radius 3 is 3.12 bits per heavy atom. The van der Waals surface area contributed by atoms with Crippen molar-refractivity contribution < 1.29 is 9.53 Å². The van der Waals surface area contributed by atoms with Crippen molar-refractivity contribution in [1.82, 2.24) is 25.1 Å². The van der Waals surface area contributed by atoms with E-state index in [1.54, 1.807) is 6.20 Å². The zero-order chi connectivity index (χ0) is 17.4. The summed E-state index contributed by atoms with van der Waals surface area (Å²) in [5, 5.41) is 7.27.